The lowest BCUT2D eigenvalue weighted by Crippen LogP contribution is -1.74. The van der Waals surface area contributed by atoms with Gasteiger partial charge in [0.15, 0.2) is 0 Å². The van der Waals surface area contributed by atoms with Crippen LogP contribution in [0.1, 0.15) is 13.8 Å². The molecule has 0 fully saturated rings. The van der Waals surface area contributed by atoms with Crippen molar-refractivity contribution in [2.75, 3.05) is 0 Å². The van der Waals surface area contributed by atoms with E-state index in [0.717, 1.165) is 6.92 Å². The Morgan fingerprint density at radius 2 is 1.50 bits per heavy atom. The molecule has 0 bridgehead atoms. The first-order valence-corrected chi connectivity index (χ1v) is 1.62. The van der Waals surface area contributed by atoms with Gasteiger partial charge in [0, 0.05) is 6.92 Å². The topological polar surface area (TPSA) is 37.0 Å². The molecule has 0 aromatic carbocycles. The van der Waals surface area contributed by atoms with E-state index in [1.165, 1.54) is 0 Å². The number of hydrogen-bond donors (Lipinski definition) is 0. The Morgan fingerprint density at radius 1 is 1.50 bits per heavy atom. The zero-order valence-corrected chi connectivity index (χ0v) is 4.02. The maximum atomic E-state index is 8.89. The second kappa shape index (κ2) is 8.82. The zero-order chi connectivity index (χ0) is 5.58. The largest absolute Gasteiger partial charge is 0.352 e. The van der Waals surface area contributed by atoms with Gasteiger partial charge in [-0.05, 0) is 0 Å². The summed E-state index contributed by atoms with van der Waals surface area (Å²) in [6.45, 7) is 5.97. The Bertz CT molecular complexity index is 28.5. The van der Waals surface area contributed by atoms with Gasteiger partial charge in [-0.1, -0.05) is 13.8 Å². The van der Waals surface area contributed by atoms with Gasteiger partial charge in [0.05, 0.1) is 0 Å². The SMILES string of the molecule is CC([O])=O.[CH2]C. The van der Waals surface area contributed by atoms with Crippen molar-refractivity contribution in [1.29, 1.82) is 0 Å². The minimum Gasteiger partial charge on any atom is -0.248 e. The predicted octanol–water partition coefficient (Wildman–Crippen LogP) is 0.804. The van der Waals surface area contributed by atoms with Crippen LogP contribution in [0.25, 0.3) is 0 Å². The minimum absolute atomic E-state index is 0.972. The minimum atomic E-state index is -1.08. The molecule has 0 unspecified atom stereocenters. The molecule has 0 atom stereocenters. The van der Waals surface area contributed by atoms with Gasteiger partial charge in [-0.2, -0.15) is 0 Å². The Hall–Kier alpha value is -0.530. The van der Waals surface area contributed by atoms with Crippen molar-refractivity contribution in [3.8, 4) is 0 Å². The Balaban J connectivity index is 0. The van der Waals surface area contributed by atoms with E-state index in [0.29, 0.717) is 0 Å². The lowest BCUT2D eigenvalue weighted by Gasteiger charge is -1.50. The summed E-state index contributed by atoms with van der Waals surface area (Å²) >= 11 is 0. The number of hydrogen-bond acceptors (Lipinski definition) is 1. The van der Waals surface area contributed by atoms with E-state index in [-0.39, 0.29) is 0 Å². The molecule has 0 amide bonds. The summed E-state index contributed by atoms with van der Waals surface area (Å²) in [7, 11) is 0. The monoisotopic (exact) mass is 88.1 g/mol. The van der Waals surface area contributed by atoms with Gasteiger partial charge in [-0.15, -0.1) is 0 Å². The first-order chi connectivity index (χ1) is 2.73. The second-order valence-corrected chi connectivity index (χ2v) is 0.492. The van der Waals surface area contributed by atoms with Gasteiger partial charge in [0.2, 0.25) is 0 Å². The fourth-order valence-electron chi connectivity index (χ4n) is 0. The lowest BCUT2D eigenvalue weighted by atomic mass is 10.9. The quantitative estimate of drug-likeness (QED) is 0.431. The van der Waals surface area contributed by atoms with Crippen LogP contribution >= 0.6 is 0 Å². The van der Waals surface area contributed by atoms with Gasteiger partial charge in [0.25, 0.3) is 0 Å². The molecule has 0 aliphatic carbocycles. The molecule has 2 radical (unpaired) electrons. The molecular weight excluding hydrogens is 80.0 g/mol. The average molecular weight is 88.1 g/mol. The van der Waals surface area contributed by atoms with E-state index in [4.69, 9.17) is 9.90 Å². The van der Waals surface area contributed by atoms with Crippen LogP contribution in [0.3, 0.4) is 0 Å². The molecule has 0 heterocycles. The van der Waals surface area contributed by atoms with E-state index in [9.17, 15) is 0 Å². The summed E-state index contributed by atoms with van der Waals surface area (Å²) in [5.41, 5.74) is 0. The van der Waals surface area contributed by atoms with Crippen molar-refractivity contribution in [2.24, 2.45) is 0 Å². The third-order valence-electron chi connectivity index (χ3n) is 0. The summed E-state index contributed by atoms with van der Waals surface area (Å²) in [5.74, 6) is -1.08. The number of rotatable bonds is 0. The molecule has 0 aromatic rings. The highest BCUT2D eigenvalue weighted by molar-refractivity contribution is 5.62. The fourth-order valence-corrected chi connectivity index (χ4v) is 0. The van der Waals surface area contributed by atoms with Crippen LogP contribution in [0.5, 0.6) is 0 Å². The van der Waals surface area contributed by atoms with E-state index < -0.39 is 5.97 Å². The molecule has 0 spiro atoms. The number of carbonyl (C=O) groups is 1. The van der Waals surface area contributed by atoms with Crippen molar-refractivity contribution in [3.63, 3.8) is 0 Å². The van der Waals surface area contributed by atoms with Crippen LogP contribution in [-0.4, -0.2) is 5.97 Å². The molecule has 6 heavy (non-hydrogen) atoms. The summed E-state index contributed by atoms with van der Waals surface area (Å²) in [6.07, 6.45) is 0. The first-order valence-electron chi connectivity index (χ1n) is 1.62. The van der Waals surface area contributed by atoms with Crippen molar-refractivity contribution in [1.82, 2.24) is 0 Å². The average Bonchev–Trinajstić information content (AvgIpc) is 1.41. The van der Waals surface area contributed by atoms with Crippen LogP contribution < -0.4 is 0 Å². The summed E-state index contributed by atoms with van der Waals surface area (Å²) in [5, 5.41) is 8.89. The highest BCUT2D eigenvalue weighted by atomic mass is 16.4. The van der Waals surface area contributed by atoms with Crippen molar-refractivity contribution in [2.45, 2.75) is 13.8 Å². The molecular formula is C4H8O2. The van der Waals surface area contributed by atoms with Crippen LogP contribution in [0, 0.1) is 6.92 Å². The molecule has 0 N–H and O–H groups in total. The summed E-state index contributed by atoms with van der Waals surface area (Å²) < 4.78 is 0. The van der Waals surface area contributed by atoms with E-state index >= 15 is 0 Å². The van der Waals surface area contributed by atoms with Crippen LogP contribution in [0.4, 0.5) is 0 Å². The molecule has 2 heteroatoms. The van der Waals surface area contributed by atoms with Gasteiger partial charge in [0.1, 0.15) is 0 Å². The summed E-state index contributed by atoms with van der Waals surface area (Å²) in [4.78, 5) is 8.89. The predicted molar refractivity (Wildman–Crippen MR) is 22.4 cm³/mol. The standard InChI is InChI=1S/C2H3O2.C2H5/c1-2(3)4;1-2/h1H3;1H2,2H3. The molecule has 0 saturated heterocycles. The van der Waals surface area contributed by atoms with E-state index in [1.807, 2.05) is 0 Å². The summed E-state index contributed by atoms with van der Waals surface area (Å²) in [6, 6.07) is 0. The van der Waals surface area contributed by atoms with Crippen LogP contribution in [0.2, 0.25) is 0 Å². The normalized spacial score (nSPS) is 5.17. The number of carbonyl (C=O) groups excluding carboxylic acids is 1. The zero-order valence-electron chi connectivity index (χ0n) is 4.02. The first kappa shape index (κ1) is 9.08. The maximum absolute atomic E-state index is 8.89. The molecule has 2 nitrogen and oxygen atoms in total. The maximum Gasteiger partial charge on any atom is 0.352 e. The molecule has 0 saturated carbocycles. The molecule has 0 aliphatic rings. The molecule has 0 aliphatic heterocycles. The Labute approximate surface area is 37.8 Å². The molecule has 0 aromatic heterocycles. The van der Waals surface area contributed by atoms with E-state index in [1.54, 1.807) is 6.92 Å². The lowest BCUT2D eigenvalue weighted by molar-refractivity contribution is -0.140. The van der Waals surface area contributed by atoms with Crippen molar-refractivity contribution >= 4 is 5.97 Å². The van der Waals surface area contributed by atoms with Crippen LogP contribution in [-0.2, 0) is 9.90 Å². The highest BCUT2D eigenvalue weighted by Crippen LogP contribution is 1.45. The smallest absolute Gasteiger partial charge is 0.248 e. The van der Waals surface area contributed by atoms with Gasteiger partial charge >= 0.3 is 5.97 Å². The van der Waals surface area contributed by atoms with Crippen LogP contribution in [0.15, 0.2) is 0 Å². The second-order valence-electron chi connectivity index (χ2n) is 0.492. The van der Waals surface area contributed by atoms with Crippen molar-refractivity contribution in [3.05, 3.63) is 6.92 Å². The third kappa shape index (κ3) is 75.4. The Morgan fingerprint density at radius 3 is 1.50 bits per heavy atom. The Kier molecular flexibility index (Phi) is 13.3. The third-order valence-corrected chi connectivity index (χ3v) is 0. The molecule has 0 rings (SSSR count). The van der Waals surface area contributed by atoms with E-state index in [2.05, 4.69) is 6.92 Å². The van der Waals surface area contributed by atoms with Gasteiger partial charge in [-0.25, -0.2) is 9.90 Å². The van der Waals surface area contributed by atoms with Gasteiger partial charge in [-0.3, -0.25) is 0 Å². The highest BCUT2D eigenvalue weighted by Gasteiger charge is 1.71. The van der Waals surface area contributed by atoms with Crippen molar-refractivity contribution < 1.29 is 9.90 Å². The fraction of sp³-hybridized carbons (Fsp3) is 0.500. The molecule has 36 valence electrons. The van der Waals surface area contributed by atoms with Gasteiger partial charge < -0.3 is 0 Å².